The number of pyridine rings is 1. The van der Waals surface area contributed by atoms with Gasteiger partial charge in [-0.1, -0.05) is 19.8 Å². The van der Waals surface area contributed by atoms with Crippen LogP contribution in [0.2, 0.25) is 0 Å². The minimum Gasteiger partial charge on any atom is -0.477 e. The first-order valence-corrected chi connectivity index (χ1v) is 7.36. The summed E-state index contributed by atoms with van der Waals surface area (Å²) in [5.41, 5.74) is 6.40. The lowest BCUT2D eigenvalue weighted by molar-refractivity contribution is 0.0690. The second-order valence-electron chi connectivity index (χ2n) is 5.59. The molecule has 1 fully saturated rings. The highest BCUT2D eigenvalue weighted by atomic mass is 16.4. The lowest BCUT2D eigenvalue weighted by Crippen LogP contribution is -2.27. The molecule has 1 aromatic heterocycles. The molecule has 0 radical (unpaired) electrons. The van der Waals surface area contributed by atoms with E-state index in [1.807, 2.05) is 0 Å². The predicted octanol–water partition coefficient (Wildman–Crippen LogP) is 3.13. The molecular weight excluding hydrogens is 254 g/mol. The summed E-state index contributed by atoms with van der Waals surface area (Å²) in [7, 11) is 0. The van der Waals surface area contributed by atoms with Crippen molar-refractivity contribution in [3.63, 3.8) is 0 Å². The van der Waals surface area contributed by atoms with Gasteiger partial charge < -0.3 is 16.2 Å². The minimum absolute atomic E-state index is 0.0290. The van der Waals surface area contributed by atoms with E-state index in [0.717, 1.165) is 18.8 Å². The molecule has 1 saturated carbocycles. The van der Waals surface area contributed by atoms with E-state index in [1.54, 1.807) is 6.07 Å². The number of nitrogen functional groups attached to an aromatic ring is 1. The quantitative estimate of drug-likeness (QED) is 0.769. The fourth-order valence-corrected chi connectivity index (χ4v) is 2.90. The fourth-order valence-electron chi connectivity index (χ4n) is 2.90. The van der Waals surface area contributed by atoms with Crippen molar-refractivity contribution >= 4 is 17.5 Å². The molecule has 0 spiro atoms. The van der Waals surface area contributed by atoms with Crippen molar-refractivity contribution in [2.24, 2.45) is 5.92 Å². The first kappa shape index (κ1) is 14.6. The zero-order chi connectivity index (χ0) is 14.5. The number of hydrogen-bond donors (Lipinski definition) is 3. The molecule has 5 nitrogen and oxygen atoms in total. The molecule has 110 valence electrons. The van der Waals surface area contributed by atoms with E-state index in [2.05, 4.69) is 17.2 Å². The molecule has 0 unspecified atom stereocenters. The van der Waals surface area contributed by atoms with E-state index >= 15 is 0 Å². The second kappa shape index (κ2) is 6.59. The van der Waals surface area contributed by atoms with Gasteiger partial charge >= 0.3 is 5.97 Å². The van der Waals surface area contributed by atoms with Gasteiger partial charge in [0.2, 0.25) is 0 Å². The number of nitrogens with two attached hydrogens (primary N) is 1. The molecule has 0 amide bonds. The van der Waals surface area contributed by atoms with Crippen LogP contribution in [0.15, 0.2) is 12.1 Å². The largest absolute Gasteiger partial charge is 0.477 e. The number of hydrogen-bond acceptors (Lipinski definition) is 4. The third-order valence-corrected chi connectivity index (χ3v) is 4.03. The molecule has 4 N–H and O–H groups in total. The standard InChI is InChI=1S/C15H23N3O2/c1-2-3-10-4-6-11(7-5-10)17-14-12(16)8-9-13(18-14)15(19)20/h8-11H,2-7,16H2,1H3,(H,17,18)(H,19,20). The summed E-state index contributed by atoms with van der Waals surface area (Å²) in [6, 6.07) is 3.38. The van der Waals surface area contributed by atoms with E-state index in [4.69, 9.17) is 10.8 Å². The van der Waals surface area contributed by atoms with Crippen molar-refractivity contribution in [2.75, 3.05) is 11.1 Å². The molecule has 0 aliphatic heterocycles. The maximum Gasteiger partial charge on any atom is 0.354 e. The van der Waals surface area contributed by atoms with Crippen LogP contribution in [0.3, 0.4) is 0 Å². The molecule has 0 bridgehead atoms. The Morgan fingerprint density at radius 1 is 1.40 bits per heavy atom. The predicted molar refractivity (Wildman–Crippen MR) is 79.9 cm³/mol. The number of anilines is 2. The Bertz CT molecular complexity index is 468. The Morgan fingerprint density at radius 3 is 2.70 bits per heavy atom. The van der Waals surface area contributed by atoms with Gasteiger partial charge in [0.1, 0.15) is 5.82 Å². The summed E-state index contributed by atoms with van der Waals surface area (Å²) in [6.45, 7) is 2.23. The van der Waals surface area contributed by atoms with Gasteiger partial charge in [-0.3, -0.25) is 0 Å². The molecule has 20 heavy (non-hydrogen) atoms. The Balaban J connectivity index is 1.97. The molecule has 0 atom stereocenters. The number of nitrogens with zero attached hydrogens (tertiary/aromatic N) is 1. The normalized spacial score (nSPS) is 22.4. The minimum atomic E-state index is -1.03. The molecule has 1 aliphatic carbocycles. The Kier molecular flexibility index (Phi) is 4.82. The van der Waals surface area contributed by atoms with E-state index in [9.17, 15) is 4.79 Å². The summed E-state index contributed by atoms with van der Waals surface area (Å²) >= 11 is 0. The average Bonchev–Trinajstić information content (AvgIpc) is 2.43. The lowest BCUT2D eigenvalue weighted by atomic mass is 9.83. The number of nitrogens with one attached hydrogen (secondary N) is 1. The molecule has 5 heteroatoms. The highest BCUT2D eigenvalue weighted by molar-refractivity contribution is 5.86. The van der Waals surface area contributed by atoms with Crippen LogP contribution in [0.5, 0.6) is 0 Å². The smallest absolute Gasteiger partial charge is 0.354 e. The number of carboxylic acids is 1. The zero-order valence-electron chi connectivity index (χ0n) is 11.9. The lowest BCUT2D eigenvalue weighted by Gasteiger charge is -2.29. The van der Waals surface area contributed by atoms with Crippen molar-refractivity contribution in [1.82, 2.24) is 4.98 Å². The van der Waals surface area contributed by atoms with Crippen LogP contribution in [0, 0.1) is 5.92 Å². The third kappa shape index (κ3) is 3.62. The topological polar surface area (TPSA) is 88.2 Å². The van der Waals surface area contributed by atoms with Crippen LogP contribution >= 0.6 is 0 Å². The van der Waals surface area contributed by atoms with E-state index in [0.29, 0.717) is 17.5 Å². The average molecular weight is 277 g/mol. The Labute approximate surface area is 119 Å². The van der Waals surface area contributed by atoms with Crippen molar-refractivity contribution < 1.29 is 9.90 Å². The van der Waals surface area contributed by atoms with Crippen molar-refractivity contribution in [3.05, 3.63) is 17.8 Å². The van der Waals surface area contributed by atoms with Gasteiger partial charge in [0, 0.05) is 6.04 Å². The molecular formula is C15H23N3O2. The van der Waals surface area contributed by atoms with Gasteiger partial charge in [0.05, 0.1) is 5.69 Å². The van der Waals surface area contributed by atoms with Crippen LogP contribution in [0.1, 0.15) is 55.9 Å². The monoisotopic (exact) mass is 277 g/mol. The molecule has 1 heterocycles. The van der Waals surface area contributed by atoms with Crippen molar-refractivity contribution in [1.29, 1.82) is 0 Å². The highest BCUT2D eigenvalue weighted by Crippen LogP contribution is 2.30. The van der Waals surface area contributed by atoms with Crippen LogP contribution < -0.4 is 11.1 Å². The Morgan fingerprint density at radius 2 is 2.10 bits per heavy atom. The molecule has 1 aromatic rings. The second-order valence-corrected chi connectivity index (χ2v) is 5.59. The van der Waals surface area contributed by atoms with Gasteiger partial charge in [0.15, 0.2) is 5.69 Å². The van der Waals surface area contributed by atoms with Gasteiger partial charge in [-0.25, -0.2) is 9.78 Å². The SMILES string of the molecule is CCCC1CCC(Nc2nc(C(=O)O)ccc2N)CC1. The number of aromatic carboxylic acids is 1. The molecule has 0 aromatic carbocycles. The number of rotatable bonds is 5. The maximum absolute atomic E-state index is 10.9. The molecule has 0 saturated heterocycles. The Hall–Kier alpha value is -1.78. The summed E-state index contributed by atoms with van der Waals surface area (Å²) in [5.74, 6) is 0.317. The van der Waals surface area contributed by atoms with Crippen LogP contribution in [0.4, 0.5) is 11.5 Å². The molecule has 2 rings (SSSR count). The summed E-state index contributed by atoms with van der Waals surface area (Å²) in [6.07, 6.45) is 7.21. The third-order valence-electron chi connectivity index (χ3n) is 4.03. The van der Waals surface area contributed by atoms with Gasteiger partial charge in [-0.15, -0.1) is 0 Å². The summed E-state index contributed by atoms with van der Waals surface area (Å²) in [4.78, 5) is 15.0. The maximum atomic E-state index is 10.9. The fraction of sp³-hybridized carbons (Fsp3) is 0.600. The molecule has 1 aliphatic rings. The first-order chi connectivity index (χ1) is 9.60. The van der Waals surface area contributed by atoms with E-state index in [-0.39, 0.29) is 5.69 Å². The van der Waals surface area contributed by atoms with Gasteiger partial charge in [-0.2, -0.15) is 0 Å². The van der Waals surface area contributed by atoms with Crippen LogP contribution in [0.25, 0.3) is 0 Å². The number of aromatic nitrogens is 1. The summed E-state index contributed by atoms with van der Waals surface area (Å²) < 4.78 is 0. The highest BCUT2D eigenvalue weighted by Gasteiger charge is 2.21. The van der Waals surface area contributed by atoms with Gasteiger partial charge in [0.25, 0.3) is 0 Å². The van der Waals surface area contributed by atoms with Crippen LogP contribution in [-0.4, -0.2) is 22.1 Å². The summed E-state index contributed by atoms with van der Waals surface area (Å²) in [5, 5.41) is 12.3. The number of carbonyl (C=O) groups is 1. The zero-order valence-corrected chi connectivity index (χ0v) is 11.9. The van der Waals surface area contributed by atoms with E-state index in [1.165, 1.54) is 31.7 Å². The van der Waals surface area contributed by atoms with Crippen molar-refractivity contribution in [3.8, 4) is 0 Å². The van der Waals surface area contributed by atoms with Crippen molar-refractivity contribution in [2.45, 2.75) is 51.5 Å². The van der Waals surface area contributed by atoms with Crippen LogP contribution in [-0.2, 0) is 0 Å². The van der Waals surface area contributed by atoms with E-state index < -0.39 is 5.97 Å². The first-order valence-electron chi connectivity index (χ1n) is 7.36. The van der Waals surface area contributed by atoms with Gasteiger partial charge in [-0.05, 0) is 43.7 Å². The number of carboxylic acid groups (broad SMARTS) is 1.